The van der Waals surface area contributed by atoms with E-state index < -0.39 is 5.97 Å². The molecule has 0 bridgehead atoms. The summed E-state index contributed by atoms with van der Waals surface area (Å²) < 4.78 is 0. The molecule has 0 spiro atoms. The number of carboxylic acids is 1. The van der Waals surface area contributed by atoms with E-state index in [1.807, 2.05) is 12.1 Å². The Labute approximate surface area is 108 Å². The number of nitrogens with zero attached hydrogens (tertiary/aromatic N) is 2. The molecule has 1 aliphatic rings. The molecule has 1 saturated heterocycles. The van der Waals surface area contributed by atoms with Crippen LogP contribution in [0.4, 0.5) is 0 Å². The first-order chi connectivity index (χ1) is 8.63. The van der Waals surface area contributed by atoms with Gasteiger partial charge in [0.2, 0.25) is 0 Å². The van der Waals surface area contributed by atoms with Crippen LogP contribution in [0.3, 0.4) is 0 Å². The van der Waals surface area contributed by atoms with Gasteiger partial charge in [0.25, 0.3) is 0 Å². The lowest BCUT2D eigenvalue weighted by molar-refractivity contribution is 0.0686. The number of pyridine rings is 1. The first kappa shape index (κ1) is 13.0. The van der Waals surface area contributed by atoms with Gasteiger partial charge in [0.05, 0.1) is 0 Å². The molecule has 2 atom stereocenters. The van der Waals surface area contributed by atoms with Crippen molar-refractivity contribution >= 4 is 5.97 Å². The minimum atomic E-state index is -0.939. The number of hydrogen-bond acceptors (Lipinski definition) is 3. The molecule has 98 valence electrons. The number of likely N-dealkylation sites (tertiary alicyclic amines) is 1. The highest BCUT2D eigenvalue weighted by atomic mass is 16.4. The van der Waals surface area contributed by atoms with E-state index in [1.54, 1.807) is 0 Å². The van der Waals surface area contributed by atoms with Crippen LogP contribution < -0.4 is 0 Å². The lowest BCUT2D eigenvalue weighted by atomic mass is 10.1. The molecule has 4 heteroatoms. The molecule has 0 saturated carbocycles. The SMILES string of the molecule is CCC1CCC(C)N1Cc1cccnc1C(=O)O. The Hall–Kier alpha value is -1.42. The molecule has 0 amide bonds. The molecule has 0 aliphatic carbocycles. The van der Waals surface area contributed by atoms with Crippen molar-refractivity contribution in [3.8, 4) is 0 Å². The van der Waals surface area contributed by atoms with Crippen molar-refractivity contribution in [2.75, 3.05) is 0 Å². The Balaban J connectivity index is 2.20. The quantitative estimate of drug-likeness (QED) is 0.889. The fourth-order valence-corrected chi connectivity index (χ4v) is 2.80. The lowest BCUT2D eigenvalue weighted by Gasteiger charge is -2.28. The monoisotopic (exact) mass is 248 g/mol. The van der Waals surface area contributed by atoms with E-state index in [4.69, 9.17) is 5.11 Å². The maximum atomic E-state index is 11.1. The largest absolute Gasteiger partial charge is 0.477 e. The Morgan fingerprint density at radius 2 is 2.33 bits per heavy atom. The lowest BCUT2D eigenvalue weighted by Crippen LogP contribution is -2.34. The average Bonchev–Trinajstić information content (AvgIpc) is 2.71. The Morgan fingerprint density at radius 1 is 1.56 bits per heavy atom. The van der Waals surface area contributed by atoms with Gasteiger partial charge < -0.3 is 5.11 Å². The number of rotatable bonds is 4. The predicted octanol–water partition coefficient (Wildman–Crippen LogP) is 2.54. The predicted molar refractivity (Wildman–Crippen MR) is 69.5 cm³/mol. The van der Waals surface area contributed by atoms with Crippen molar-refractivity contribution in [3.63, 3.8) is 0 Å². The second-order valence-corrected chi connectivity index (χ2v) is 4.98. The molecule has 1 aliphatic heterocycles. The van der Waals surface area contributed by atoms with E-state index in [2.05, 4.69) is 23.7 Å². The fourth-order valence-electron chi connectivity index (χ4n) is 2.80. The molecule has 2 unspecified atom stereocenters. The third-order valence-electron chi connectivity index (χ3n) is 3.87. The van der Waals surface area contributed by atoms with Gasteiger partial charge in [-0.3, -0.25) is 4.90 Å². The fraction of sp³-hybridized carbons (Fsp3) is 0.571. The first-order valence-electron chi connectivity index (χ1n) is 6.56. The molecule has 0 aromatic carbocycles. The van der Waals surface area contributed by atoms with Crippen molar-refractivity contribution < 1.29 is 9.90 Å². The van der Waals surface area contributed by atoms with Gasteiger partial charge in [-0.05, 0) is 37.8 Å². The van der Waals surface area contributed by atoms with Gasteiger partial charge in [-0.15, -0.1) is 0 Å². The van der Waals surface area contributed by atoms with E-state index in [1.165, 1.54) is 19.0 Å². The topological polar surface area (TPSA) is 53.4 Å². The number of carbonyl (C=O) groups is 1. The normalized spacial score (nSPS) is 24.3. The summed E-state index contributed by atoms with van der Waals surface area (Å²) in [7, 11) is 0. The Kier molecular flexibility index (Phi) is 3.97. The number of aromatic nitrogens is 1. The summed E-state index contributed by atoms with van der Waals surface area (Å²) >= 11 is 0. The van der Waals surface area contributed by atoms with Crippen molar-refractivity contribution in [1.29, 1.82) is 0 Å². The van der Waals surface area contributed by atoms with Crippen molar-refractivity contribution in [3.05, 3.63) is 29.6 Å². The summed E-state index contributed by atoms with van der Waals surface area (Å²) in [6, 6.07) is 4.77. The van der Waals surface area contributed by atoms with E-state index in [9.17, 15) is 4.79 Å². The molecule has 1 fully saturated rings. The zero-order valence-corrected chi connectivity index (χ0v) is 11.0. The first-order valence-corrected chi connectivity index (χ1v) is 6.56. The molecule has 2 heterocycles. The second-order valence-electron chi connectivity index (χ2n) is 4.98. The summed E-state index contributed by atoms with van der Waals surface area (Å²) in [5.74, 6) is -0.939. The summed E-state index contributed by atoms with van der Waals surface area (Å²) in [4.78, 5) is 17.5. The van der Waals surface area contributed by atoms with Crippen molar-refractivity contribution in [2.45, 2.75) is 51.7 Å². The molecule has 1 aromatic rings. The maximum Gasteiger partial charge on any atom is 0.354 e. The molecule has 1 aromatic heterocycles. The summed E-state index contributed by atoms with van der Waals surface area (Å²) in [6.07, 6.45) is 5.06. The van der Waals surface area contributed by atoms with Crippen LogP contribution in [0, 0.1) is 0 Å². The summed E-state index contributed by atoms with van der Waals surface area (Å²) in [5, 5.41) is 9.15. The zero-order valence-electron chi connectivity index (χ0n) is 11.0. The number of aromatic carboxylic acids is 1. The van der Waals surface area contributed by atoms with Crippen LogP contribution in [0.1, 0.15) is 49.2 Å². The van der Waals surface area contributed by atoms with Gasteiger partial charge in [0.15, 0.2) is 5.69 Å². The van der Waals surface area contributed by atoms with Gasteiger partial charge in [-0.2, -0.15) is 0 Å². The molecular weight excluding hydrogens is 228 g/mol. The molecular formula is C14H20N2O2. The molecule has 4 nitrogen and oxygen atoms in total. The van der Waals surface area contributed by atoms with Gasteiger partial charge >= 0.3 is 5.97 Å². The standard InChI is InChI=1S/C14H20N2O2/c1-3-12-7-6-10(2)16(12)9-11-5-4-8-15-13(11)14(17)18/h4-5,8,10,12H,3,6-7,9H2,1-2H3,(H,17,18). The second kappa shape index (κ2) is 5.48. The highest BCUT2D eigenvalue weighted by Crippen LogP contribution is 2.28. The third kappa shape index (κ3) is 2.53. The van der Waals surface area contributed by atoms with E-state index >= 15 is 0 Å². The van der Waals surface area contributed by atoms with Gasteiger partial charge in [0, 0.05) is 24.8 Å². The molecule has 2 rings (SSSR count). The van der Waals surface area contributed by atoms with Crippen molar-refractivity contribution in [2.24, 2.45) is 0 Å². The highest BCUT2D eigenvalue weighted by molar-refractivity contribution is 5.86. The summed E-state index contributed by atoms with van der Waals surface area (Å²) in [5.41, 5.74) is 1.00. The van der Waals surface area contributed by atoms with Crippen LogP contribution in [0.25, 0.3) is 0 Å². The van der Waals surface area contributed by atoms with Crippen LogP contribution >= 0.6 is 0 Å². The van der Waals surface area contributed by atoms with Gasteiger partial charge in [-0.1, -0.05) is 13.0 Å². The minimum Gasteiger partial charge on any atom is -0.477 e. The van der Waals surface area contributed by atoms with E-state index in [-0.39, 0.29) is 5.69 Å². The van der Waals surface area contributed by atoms with Crippen molar-refractivity contribution in [1.82, 2.24) is 9.88 Å². The minimum absolute atomic E-state index is 0.187. The van der Waals surface area contributed by atoms with Crippen LogP contribution in [-0.4, -0.2) is 33.0 Å². The van der Waals surface area contributed by atoms with Gasteiger partial charge in [0.1, 0.15) is 0 Å². The maximum absolute atomic E-state index is 11.1. The van der Waals surface area contributed by atoms with Crippen LogP contribution in [0.15, 0.2) is 18.3 Å². The zero-order chi connectivity index (χ0) is 13.1. The highest BCUT2D eigenvalue weighted by Gasteiger charge is 2.30. The molecule has 1 N–H and O–H groups in total. The van der Waals surface area contributed by atoms with Crippen LogP contribution in [0.5, 0.6) is 0 Å². The van der Waals surface area contributed by atoms with E-state index in [0.717, 1.165) is 12.0 Å². The molecule has 18 heavy (non-hydrogen) atoms. The smallest absolute Gasteiger partial charge is 0.354 e. The van der Waals surface area contributed by atoms with Crippen LogP contribution in [0.2, 0.25) is 0 Å². The van der Waals surface area contributed by atoms with E-state index in [0.29, 0.717) is 18.6 Å². The molecule has 0 radical (unpaired) electrons. The Bertz CT molecular complexity index is 434. The Morgan fingerprint density at radius 3 is 3.00 bits per heavy atom. The summed E-state index contributed by atoms with van der Waals surface area (Å²) in [6.45, 7) is 5.10. The number of carboxylic acid groups (broad SMARTS) is 1. The average molecular weight is 248 g/mol. The number of hydrogen-bond donors (Lipinski definition) is 1. The van der Waals surface area contributed by atoms with Gasteiger partial charge in [-0.25, -0.2) is 9.78 Å². The third-order valence-corrected chi connectivity index (χ3v) is 3.87. The van der Waals surface area contributed by atoms with Crippen LogP contribution in [-0.2, 0) is 6.54 Å².